The molecule has 0 aliphatic carbocycles. The van der Waals surface area contributed by atoms with Crippen LogP contribution in [0, 0.1) is 6.92 Å². The SMILES string of the molecule is Cc1ccc(N)cc1NC(=O)CS(=O)(=O)CCCc1ccccc1. The number of amides is 1. The number of nitrogens with two attached hydrogens (primary N) is 1. The van der Waals surface area contributed by atoms with Crippen molar-refractivity contribution in [3.63, 3.8) is 0 Å². The summed E-state index contributed by atoms with van der Waals surface area (Å²) in [7, 11) is -3.44. The molecule has 6 heteroatoms. The Morgan fingerprint density at radius 2 is 1.83 bits per heavy atom. The van der Waals surface area contributed by atoms with Crippen molar-refractivity contribution in [2.75, 3.05) is 22.6 Å². The molecule has 128 valence electrons. The van der Waals surface area contributed by atoms with Crippen LogP contribution in [0.5, 0.6) is 0 Å². The zero-order chi connectivity index (χ0) is 17.6. The van der Waals surface area contributed by atoms with Gasteiger partial charge in [-0.05, 0) is 43.0 Å². The molecule has 0 saturated heterocycles. The molecule has 2 rings (SSSR count). The molecule has 5 nitrogen and oxygen atoms in total. The van der Waals surface area contributed by atoms with E-state index >= 15 is 0 Å². The fourth-order valence-electron chi connectivity index (χ4n) is 2.37. The van der Waals surface area contributed by atoms with Gasteiger partial charge in [0, 0.05) is 11.4 Å². The molecule has 3 N–H and O–H groups in total. The molecule has 2 aromatic carbocycles. The maximum Gasteiger partial charge on any atom is 0.239 e. The molecule has 24 heavy (non-hydrogen) atoms. The Bertz CT molecular complexity index is 802. The van der Waals surface area contributed by atoms with Crippen molar-refractivity contribution < 1.29 is 13.2 Å². The van der Waals surface area contributed by atoms with Gasteiger partial charge < -0.3 is 11.1 Å². The summed E-state index contributed by atoms with van der Waals surface area (Å²) < 4.78 is 24.2. The topological polar surface area (TPSA) is 89.3 Å². The highest BCUT2D eigenvalue weighted by Gasteiger charge is 2.17. The lowest BCUT2D eigenvalue weighted by molar-refractivity contribution is -0.113. The van der Waals surface area contributed by atoms with Crippen LogP contribution in [0.2, 0.25) is 0 Å². The van der Waals surface area contributed by atoms with E-state index in [1.165, 1.54) is 0 Å². The molecule has 0 aliphatic rings. The molecule has 0 unspecified atom stereocenters. The van der Waals surface area contributed by atoms with Gasteiger partial charge in [-0.1, -0.05) is 36.4 Å². The zero-order valence-corrected chi connectivity index (χ0v) is 14.5. The van der Waals surface area contributed by atoms with Crippen LogP contribution in [0.25, 0.3) is 0 Å². The molecule has 0 bridgehead atoms. The van der Waals surface area contributed by atoms with Crippen molar-refractivity contribution in [3.8, 4) is 0 Å². The zero-order valence-electron chi connectivity index (χ0n) is 13.7. The van der Waals surface area contributed by atoms with Crippen LogP contribution in [0.1, 0.15) is 17.5 Å². The van der Waals surface area contributed by atoms with E-state index in [4.69, 9.17) is 5.73 Å². The number of sulfone groups is 1. The summed E-state index contributed by atoms with van der Waals surface area (Å²) in [6, 6.07) is 14.8. The van der Waals surface area contributed by atoms with Gasteiger partial charge in [0.2, 0.25) is 5.91 Å². The number of carbonyl (C=O) groups excluding carboxylic acids is 1. The molecule has 0 radical (unpaired) electrons. The van der Waals surface area contributed by atoms with E-state index in [1.54, 1.807) is 18.2 Å². The molecular formula is C18H22N2O3S. The van der Waals surface area contributed by atoms with Gasteiger partial charge in [-0.15, -0.1) is 0 Å². The van der Waals surface area contributed by atoms with Gasteiger partial charge in [-0.3, -0.25) is 4.79 Å². The van der Waals surface area contributed by atoms with Crippen molar-refractivity contribution in [1.82, 2.24) is 0 Å². The molecule has 0 saturated carbocycles. The Labute approximate surface area is 142 Å². The normalized spacial score (nSPS) is 11.2. The second kappa shape index (κ2) is 7.97. The third-order valence-electron chi connectivity index (χ3n) is 3.65. The molecular weight excluding hydrogens is 324 g/mol. The van der Waals surface area contributed by atoms with Gasteiger partial charge in [0.1, 0.15) is 5.75 Å². The van der Waals surface area contributed by atoms with Crippen LogP contribution in [-0.4, -0.2) is 25.8 Å². The number of anilines is 2. The lowest BCUT2D eigenvalue weighted by Crippen LogP contribution is -2.25. The summed E-state index contributed by atoms with van der Waals surface area (Å²) >= 11 is 0. The van der Waals surface area contributed by atoms with E-state index in [9.17, 15) is 13.2 Å². The van der Waals surface area contributed by atoms with Crippen LogP contribution in [0.3, 0.4) is 0 Å². The smallest absolute Gasteiger partial charge is 0.239 e. The summed E-state index contributed by atoms with van der Waals surface area (Å²) in [6.45, 7) is 1.82. The lowest BCUT2D eigenvalue weighted by Gasteiger charge is -2.10. The first-order valence-corrected chi connectivity index (χ1v) is 9.58. The quantitative estimate of drug-likeness (QED) is 0.754. The largest absolute Gasteiger partial charge is 0.399 e. The van der Waals surface area contributed by atoms with Crippen LogP contribution < -0.4 is 11.1 Å². The average Bonchev–Trinajstić information content (AvgIpc) is 2.51. The molecule has 0 heterocycles. The summed E-state index contributed by atoms with van der Waals surface area (Å²) in [6.07, 6.45) is 1.17. The van der Waals surface area contributed by atoms with E-state index < -0.39 is 21.5 Å². The van der Waals surface area contributed by atoms with Crippen LogP contribution in [-0.2, 0) is 21.1 Å². The van der Waals surface area contributed by atoms with Gasteiger partial charge in [-0.25, -0.2) is 8.42 Å². The first-order valence-electron chi connectivity index (χ1n) is 7.76. The van der Waals surface area contributed by atoms with E-state index in [0.29, 0.717) is 24.2 Å². The van der Waals surface area contributed by atoms with Gasteiger partial charge in [0.25, 0.3) is 0 Å². The Kier molecular flexibility index (Phi) is 5.98. The lowest BCUT2D eigenvalue weighted by atomic mass is 10.1. The van der Waals surface area contributed by atoms with E-state index in [-0.39, 0.29) is 5.75 Å². The maximum absolute atomic E-state index is 12.1. The van der Waals surface area contributed by atoms with Crippen molar-refractivity contribution in [1.29, 1.82) is 0 Å². The second-order valence-corrected chi connectivity index (χ2v) is 7.99. The van der Waals surface area contributed by atoms with Crippen molar-refractivity contribution in [2.24, 2.45) is 0 Å². The summed E-state index contributed by atoms with van der Waals surface area (Å²) in [4.78, 5) is 12.0. The highest BCUT2D eigenvalue weighted by atomic mass is 32.2. The molecule has 0 spiro atoms. The fourth-order valence-corrected chi connectivity index (χ4v) is 3.57. The van der Waals surface area contributed by atoms with Gasteiger partial charge in [0.15, 0.2) is 9.84 Å². The first kappa shape index (κ1) is 18.0. The number of rotatable bonds is 7. The van der Waals surface area contributed by atoms with E-state index in [2.05, 4.69) is 5.32 Å². The van der Waals surface area contributed by atoms with Crippen LogP contribution in [0.15, 0.2) is 48.5 Å². The van der Waals surface area contributed by atoms with E-state index in [1.807, 2.05) is 37.3 Å². The van der Waals surface area contributed by atoms with Crippen molar-refractivity contribution in [3.05, 3.63) is 59.7 Å². The summed E-state index contributed by atoms with van der Waals surface area (Å²) in [5.41, 5.74) is 8.66. The number of benzene rings is 2. The molecule has 0 atom stereocenters. The predicted octanol–water partition coefficient (Wildman–Crippen LogP) is 2.56. The summed E-state index contributed by atoms with van der Waals surface area (Å²) in [5.74, 6) is -1.07. The van der Waals surface area contributed by atoms with Crippen molar-refractivity contribution in [2.45, 2.75) is 19.8 Å². The summed E-state index contributed by atoms with van der Waals surface area (Å²) in [5, 5.41) is 2.62. The Morgan fingerprint density at radius 3 is 2.54 bits per heavy atom. The third kappa shape index (κ3) is 5.70. The van der Waals surface area contributed by atoms with Gasteiger partial charge >= 0.3 is 0 Å². The molecule has 0 aliphatic heterocycles. The van der Waals surface area contributed by atoms with Crippen molar-refractivity contribution >= 4 is 27.1 Å². The minimum Gasteiger partial charge on any atom is -0.399 e. The van der Waals surface area contributed by atoms with E-state index in [0.717, 1.165) is 11.1 Å². The Balaban J connectivity index is 1.86. The number of hydrogen-bond acceptors (Lipinski definition) is 4. The van der Waals surface area contributed by atoms with Crippen LogP contribution in [0.4, 0.5) is 11.4 Å². The van der Waals surface area contributed by atoms with Crippen LogP contribution >= 0.6 is 0 Å². The standard InChI is InChI=1S/C18H22N2O3S/c1-14-9-10-16(19)12-17(14)20-18(21)13-24(22,23)11-5-8-15-6-3-2-4-7-15/h2-4,6-7,9-10,12H,5,8,11,13,19H2,1H3,(H,20,21). The highest BCUT2D eigenvalue weighted by Crippen LogP contribution is 2.18. The first-order chi connectivity index (χ1) is 11.4. The second-order valence-electron chi connectivity index (χ2n) is 5.80. The number of aryl methyl sites for hydroxylation is 2. The fraction of sp³-hybridized carbons (Fsp3) is 0.278. The molecule has 0 fully saturated rings. The third-order valence-corrected chi connectivity index (χ3v) is 5.26. The molecule has 2 aromatic rings. The maximum atomic E-state index is 12.1. The average molecular weight is 346 g/mol. The minimum atomic E-state index is -3.44. The number of nitrogens with one attached hydrogen (secondary N) is 1. The van der Waals surface area contributed by atoms with Gasteiger partial charge in [0.05, 0.1) is 5.75 Å². The van der Waals surface area contributed by atoms with Gasteiger partial charge in [-0.2, -0.15) is 0 Å². The number of nitrogen functional groups attached to an aromatic ring is 1. The monoisotopic (exact) mass is 346 g/mol. The number of hydrogen-bond donors (Lipinski definition) is 2. The predicted molar refractivity (Wildman–Crippen MR) is 97.6 cm³/mol. The molecule has 0 aromatic heterocycles. The Hall–Kier alpha value is -2.34. The molecule has 1 amide bonds. The Morgan fingerprint density at radius 1 is 1.12 bits per heavy atom. The minimum absolute atomic E-state index is 0.00871. The number of carbonyl (C=O) groups is 1. The highest BCUT2D eigenvalue weighted by molar-refractivity contribution is 7.92.